The van der Waals surface area contributed by atoms with Crippen LogP contribution in [0.4, 0.5) is 28.8 Å². The second-order valence-electron chi connectivity index (χ2n) is 46.4. The van der Waals surface area contributed by atoms with Crippen LogP contribution in [0, 0.1) is 103 Å². The Morgan fingerprint density at radius 2 is 0.708 bits per heavy atom. The van der Waals surface area contributed by atoms with Gasteiger partial charge in [0, 0.05) is 39.8 Å². The number of primary amides is 3. The quantitative estimate of drug-likeness (QED) is 0.0295. The average molecular weight is 1920 g/mol. The first-order chi connectivity index (χ1) is 63.5. The third-order valence-electron chi connectivity index (χ3n) is 30.4. The molecule has 764 valence electrons. The number of nitrogens with one attached hydrogen (secondary N) is 12. The maximum Gasteiger partial charge on any atom is 0.407 e. The normalized spacial score (nSPS) is 24.3. The molecule has 3 saturated heterocycles. The number of rotatable bonds is 36. The molecule has 39 nitrogen and oxygen atoms in total. The van der Waals surface area contributed by atoms with Gasteiger partial charge in [-0.25, -0.2) is 28.8 Å². The van der Waals surface area contributed by atoms with Gasteiger partial charge in [0.1, 0.15) is 56.1 Å². The van der Waals surface area contributed by atoms with Crippen molar-refractivity contribution < 1.29 is 101 Å². The Morgan fingerprint density at radius 3 is 0.985 bits per heavy atom. The molecule has 1 aromatic rings. The predicted molar refractivity (Wildman–Crippen MR) is 507 cm³/mol. The van der Waals surface area contributed by atoms with Gasteiger partial charge in [-0.15, -0.1) is 0 Å². The van der Waals surface area contributed by atoms with Crippen molar-refractivity contribution in [3.63, 3.8) is 0 Å². The van der Waals surface area contributed by atoms with Crippen molar-refractivity contribution in [2.24, 2.45) is 120 Å². The summed E-state index contributed by atoms with van der Waals surface area (Å²) in [6.07, 6.45) is 7.84. The van der Waals surface area contributed by atoms with Gasteiger partial charge in [-0.2, -0.15) is 0 Å². The molecule has 10 aliphatic rings. The zero-order chi connectivity index (χ0) is 103. The Labute approximate surface area is 805 Å². The van der Waals surface area contributed by atoms with Gasteiger partial charge in [0.25, 0.3) is 17.7 Å². The summed E-state index contributed by atoms with van der Waals surface area (Å²) in [7, 11) is 2.88. The minimum Gasteiger partial charge on any atom is -0.447 e. The summed E-state index contributed by atoms with van der Waals surface area (Å²) in [4.78, 5) is 239. The molecule has 3 heterocycles. The van der Waals surface area contributed by atoms with Crippen LogP contribution in [0.25, 0.3) is 0 Å². The van der Waals surface area contributed by atoms with E-state index in [1.807, 2.05) is 163 Å². The number of hydrogen-bond donors (Lipinski definition) is 15. The molecule has 39 heteroatoms. The number of amides is 18. The number of nitrogens with zero attached hydrogens (tertiary/aromatic N) is 3. The zero-order valence-electron chi connectivity index (χ0n) is 84.7. The summed E-state index contributed by atoms with van der Waals surface area (Å²) in [5.74, 6) is -8.38. The SMILES string of the molecule is CC(C)NC(=O)OC[C@@H](NC(=O)N[C@H](C(=O)N1C[C@H]2[C@@H]([C@H]1C(=O)NC(CC1CCC1)C(=O)C(N)=O)C2(C)C)C1Cc2ccccc2C1)C(C)C.CNC(=O)OC[C@@H](NC(=O)N[C@H](C(=O)N1C[C@H]2[C@@H]([C@H]1C(=O)NC(CC1CC1)C(=O)C(N)=O)C2(C)C)C(C)(C)C)C(C)(C)C.CNC(=O)OC[C@@H](NC(=O)N[C@H](C(=O)N1C[C@H]2[C@@H]([C@H]1C(=O)NC(CC1CCC1)C(=O)C(N)=O)C2(C)C)C(C)(C)C)C(C)(C)C. The van der Waals surface area contributed by atoms with Gasteiger partial charge in [0.15, 0.2) is 0 Å². The Balaban J connectivity index is 0.000000231. The highest BCUT2D eigenvalue weighted by Crippen LogP contribution is 2.67. The highest BCUT2D eigenvalue weighted by molar-refractivity contribution is 6.39. The number of ether oxygens (including phenoxy) is 3. The van der Waals surface area contributed by atoms with E-state index in [2.05, 4.69) is 77.6 Å². The highest BCUT2D eigenvalue weighted by Gasteiger charge is 2.73. The van der Waals surface area contributed by atoms with Gasteiger partial charge in [-0.05, 0) is 160 Å². The van der Waals surface area contributed by atoms with Gasteiger partial charge in [-0.1, -0.05) is 214 Å². The van der Waals surface area contributed by atoms with Gasteiger partial charge < -0.3 is 110 Å². The first-order valence-electron chi connectivity index (χ1n) is 48.7. The summed E-state index contributed by atoms with van der Waals surface area (Å²) >= 11 is 0. The molecule has 1 aromatic carbocycles. The van der Waals surface area contributed by atoms with Crippen molar-refractivity contribution in [1.82, 2.24) is 78.5 Å². The van der Waals surface area contributed by atoms with Crippen LogP contribution in [0.15, 0.2) is 24.3 Å². The van der Waals surface area contributed by atoms with Crippen LogP contribution in [-0.2, 0) is 84.6 Å². The summed E-state index contributed by atoms with van der Waals surface area (Å²) in [5, 5.41) is 32.9. The number of benzene rings is 1. The van der Waals surface area contributed by atoms with E-state index in [0.29, 0.717) is 51.7 Å². The minimum atomic E-state index is -1.10. The van der Waals surface area contributed by atoms with Crippen LogP contribution in [0.2, 0.25) is 0 Å². The fourth-order valence-electron chi connectivity index (χ4n) is 20.6. The molecular weight excluding hydrogens is 1770 g/mol. The van der Waals surface area contributed by atoms with E-state index < -0.39 is 195 Å². The van der Waals surface area contributed by atoms with E-state index in [9.17, 15) is 86.3 Å². The van der Waals surface area contributed by atoms with E-state index in [4.69, 9.17) is 31.4 Å². The molecule has 0 aromatic heterocycles. The zero-order valence-corrected chi connectivity index (χ0v) is 84.7. The lowest BCUT2D eigenvalue weighted by molar-refractivity contribution is -0.145. The molecule has 9 fully saturated rings. The number of likely N-dealkylation sites (tertiary alicyclic amines) is 3. The number of urea groups is 3. The number of alkyl carbamates (subject to hydrolysis) is 3. The summed E-state index contributed by atoms with van der Waals surface area (Å²) < 4.78 is 15.7. The summed E-state index contributed by atoms with van der Waals surface area (Å²) in [5.41, 5.74) is 15.2. The van der Waals surface area contributed by atoms with Crippen LogP contribution in [-0.4, -0.2) is 254 Å². The molecule has 0 spiro atoms. The fraction of sp³-hybridized carbons (Fsp3) is 0.755. The molecule has 18 atom stereocenters. The van der Waals surface area contributed by atoms with Gasteiger partial charge in [-0.3, -0.25) is 57.5 Å². The highest BCUT2D eigenvalue weighted by atomic mass is 16.6. The van der Waals surface area contributed by atoms with E-state index in [-0.39, 0.29) is 113 Å². The van der Waals surface area contributed by atoms with Gasteiger partial charge >= 0.3 is 36.4 Å². The lowest BCUT2D eigenvalue weighted by Gasteiger charge is -2.38. The van der Waals surface area contributed by atoms with Crippen LogP contribution in [0.3, 0.4) is 0 Å². The average Bonchev–Trinajstić information content (AvgIpc) is 1.53. The van der Waals surface area contributed by atoms with E-state index in [1.165, 1.54) is 23.9 Å². The Hall–Kier alpha value is -10.9. The molecule has 137 heavy (non-hydrogen) atoms. The summed E-state index contributed by atoms with van der Waals surface area (Å²) in [6, 6.07) is -4.35. The van der Waals surface area contributed by atoms with Crippen LogP contribution >= 0.6 is 0 Å². The standard InChI is InChI=1S/C37H54N6O7.C31H52N6O7.C30H50N6O7/c1-19(2)27(18-50-36(49)39-20(3)4)41-35(48)42-29(24-15-22-12-7-8-13-23(22)16-24)34(47)43-17-25-28(37(25,5)6)30(43)33(46)40-26(31(44)32(38)45)14-21-10-9-11-21;1-29(2,3)19(15-44-28(43)33-9)35-27(42)36-23(30(4,5)6)26(41)37-14-17-20(31(17,7)8)21(37)25(40)34-18(22(38)24(32)39)13-16-11-10-12-16;1-28(2,3)18(14-43-27(42)32-9)34-26(41)35-22(29(4,5)6)25(40)36-13-16-19(30(16,7)8)20(36)24(39)33-17(12-15-10-11-15)21(37)23(31)38/h7-8,12-13,19-21,24-30H,9-11,14-18H2,1-6H3,(H2,38,45)(H,39,49)(H,40,46)(H2,41,42,48);16-21,23H,10-15H2,1-9H3,(H2,32,39)(H,33,43)(H,34,40)(H2,35,36,42);15-20,22H,10-14H2,1-9H3,(H2,31,38)(H,32,42)(H,33,39)(H2,34,35,41)/t25-,26?,27+,28-,29-,30-;17-,18?,19+,20-,21-,23+;16-,17?,18+,19-,20-,22+/m000/s1. The maximum absolute atomic E-state index is 14.7. The smallest absolute Gasteiger partial charge is 0.407 e. The number of nitrogens with two attached hydrogens (primary N) is 3. The molecule has 7 aliphatic carbocycles. The third-order valence-corrected chi connectivity index (χ3v) is 30.4. The van der Waals surface area contributed by atoms with Crippen molar-refractivity contribution in [2.75, 3.05) is 53.6 Å². The van der Waals surface area contributed by atoms with Crippen LogP contribution in [0.1, 0.15) is 234 Å². The van der Waals surface area contributed by atoms with Gasteiger partial charge in [0.05, 0.1) is 36.3 Å². The number of Topliss-reactive ketones (excluding diaryl/α,β-unsaturated/α-hetero) is 3. The number of ketones is 3. The van der Waals surface area contributed by atoms with Crippen molar-refractivity contribution in [3.05, 3.63) is 35.4 Å². The minimum absolute atomic E-state index is 0.0595. The van der Waals surface area contributed by atoms with Crippen LogP contribution in [0.5, 0.6) is 0 Å². The van der Waals surface area contributed by atoms with Crippen molar-refractivity contribution in [3.8, 4) is 0 Å². The van der Waals surface area contributed by atoms with E-state index in [1.54, 1.807) is 4.90 Å². The molecule has 0 bridgehead atoms. The molecule has 18 N–H and O–H groups in total. The number of hydrogen-bond acceptors (Lipinski definition) is 21. The Kier molecular flexibility index (Phi) is 34.9. The molecule has 0 radical (unpaired) electrons. The first kappa shape index (κ1) is 110. The monoisotopic (exact) mass is 1920 g/mol. The first-order valence-corrected chi connectivity index (χ1v) is 48.7. The third kappa shape index (κ3) is 27.2. The largest absolute Gasteiger partial charge is 0.447 e. The second kappa shape index (κ2) is 43.6. The molecular formula is C98H156N18O21. The summed E-state index contributed by atoms with van der Waals surface area (Å²) in [6.45, 7) is 42.8. The maximum atomic E-state index is 14.7. The van der Waals surface area contributed by atoms with E-state index in [0.717, 1.165) is 62.5 Å². The fourth-order valence-corrected chi connectivity index (χ4v) is 20.6. The molecule has 11 rings (SSSR count). The molecule has 6 saturated carbocycles. The number of carbonyl (C=O) groups is 18. The van der Waals surface area contributed by atoms with Crippen molar-refractivity contribution >= 4 is 107 Å². The second-order valence-corrected chi connectivity index (χ2v) is 46.4. The topological polar surface area (TPSA) is 567 Å². The van der Waals surface area contributed by atoms with Crippen molar-refractivity contribution in [1.29, 1.82) is 0 Å². The van der Waals surface area contributed by atoms with E-state index >= 15 is 0 Å². The van der Waals surface area contributed by atoms with Crippen molar-refractivity contribution in [2.45, 2.75) is 314 Å². The Morgan fingerprint density at radius 1 is 0.394 bits per heavy atom. The van der Waals surface area contributed by atoms with Crippen LogP contribution < -0.4 is 81.0 Å². The number of fused-ring (bicyclic) bond motifs is 4. The molecule has 3 unspecified atom stereocenters. The number of piperidine rings is 3. The molecule has 18 amide bonds. The lowest BCUT2D eigenvalue weighted by atomic mass is 9.80. The van der Waals surface area contributed by atoms with Gasteiger partial charge in [0.2, 0.25) is 52.8 Å². The molecule has 3 aliphatic heterocycles. The lowest BCUT2D eigenvalue weighted by Crippen LogP contribution is -2.62. The predicted octanol–water partition coefficient (Wildman–Crippen LogP) is 5.42. The Bertz CT molecular complexity index is 4660. The number of carbonyl (C=O) groups excluding carboxylic acids is 18.